The highest BCUT2D eigenvalue weighted by Crippen LogP contribution is 2.16. The number of benzene rings is 1. The van der Waals surface area contributed by atoms with Gasteiger partial charge in [-0.1, -0.05) is 11.6 Å². The molecule has 0 saturated carbocycles. The minimum Gasteiger partial charge on any atom is -0.492 e. The normalized spacial score (nSPS) is 18.8. The van der Waals surface area contributed by atoms with E-state index in [9.17, 15) is 9.59 Å². The minimum absolute atomic E-state index is 0.0831. The zero-order chi connectivity index (χ0) is 15.9. The predicted molar refractivity (Wildman–Crippen MR) is 80.3 cm³/mol. The first-order valence-electron chi connectivity index (χ1n) is 6.96. The molecule has 1 aromatic carbocycles. The Morgan fingerprint density at radius 3 is 2.77 bits per heavy atom. The fraction of sp³-hybridized carbons (Fsp3) is 0.467. The summed E-state index contributed by atoms with van der Waals surface area (Å²) in [6.45, 7) is 2.10. The van der Waals surface area contributed by atoms with Crippen molar-refractivity contribution in [3.05, 3.63) is 29.3 Å². The molecule has 2 rings (SSSR count). The van der Waals surface area contributed by atoms with E-state index in [2.05, 4.69) is 4.74 Å². The lowest BCUT2D eigenvalue weighted by atomic mass is 10.1. The Labute approximate surface area is 133 Å². The molecule has 0 bridgehead atoms. The predicted octanol–water partition coefficient (Wildman–Crippen LogP) is 2.15. The Morgan fingerprint density at radius 1 is 1.36 bits per heavy atom. The smallest absolute Gasteiger partial charge is 0.492 e. The molecule has 0 aliphatic carbocycles. The summed E-state index contributed by atoms with van der Waals surface area (Å²) in [5.74, 6) is 0.653. The number of ketones is 1. The Hall–Kier alpha value is -1.79. The molecule has 1 fully saturated rings. The average Bonchev–Trinajstić information content (AvgIpc) is 2.52. The summed E-state index contributed by atoms with van der Waals surface area (Å²) in [6.07, 6.45) is -1.25. The molecule has 1 aliphatic heterocycles. The van der Waals surface area contributed by atoms with Crippen LogP contribution in [-0.2, 0) is 14.3 Å². The van der Waals surface area contributed by atoms with Crippen LogP contribution in [0.4, 0.5) is 4.79 Å². The van der Waals surface area contributed by atoms with Crippen LogP contribution in [0, 0.1) is 0 Å². The highest BCUT2D eigenvalue weighted by molar-refractivity contribution is 6.30. The Bertz CT molecular complexity index is 519. The second-order valence-electron chi connectivity index (χ2n) is 4.88. The third-order valence-electron chi connectivity index (χ3n) is 3.35. The van der Waals surface area contributed by atoms with Gasteiger partial charge in [-0.25, -0.2) is 4.79 Å². The van der Waals surface area contributed by atoms with Gasteiger partial charge in [0.05, 0.1) is 7.11 Å². The quantitative estimate of drug-likeness (QED) is 0.772. The van der Waals surface area contributed by atoms with Crippen molar-refractivity contribution in [1.82, 2.24) is 4.90 Å². The van der Waals surface area contributed by atoms with Crippen molar-refractivity contribution in [2.45, 2.75) is 12.5 Å². The van der Waals surface area contributed by atoms with Gasteiger partial charge in [0, 0.05) is 31.1 Å². The molecule has 1 aliphatic rings. The molecule has 1 unspecified atom stereocenters. The molecule has 0 aromatic heterocycles. The van der Waals surface area contributed by atoms with Gasteiger partial charge in [-0.15, -0.1) is 0 Å². The summed E-state index contributed by atoms with van der Waals surface area (Å²) < 4.78 is 15.0. The Balaban J connectivity index is 1.76. The van der Waals surface area contributed by atoms with Gasteiger partial charge in [-0.3, -0.25) is 9.69 Å². The van der Waals surface area contributed by atoms with Crippen LogP contribution in [-0.4, -0.2) is 56.3 Å². The van der Waals surface area contributed by atoms with Crippen molar-refractivity contribution < 1.29 is 23.8 Å². The van der Waals surface area contributed by atoms with Gasteiger partial charge in [0.15, 0.2) is 11.9 Å². The maximum absolute atomic E-state index is 11.7. The van der Waals surface area contributed by atoms with Crippen LogP contribution in [0.25, 0.3) is 0 Å². The van der Waals surface area contributed by atoms with Crippen LogP contribution < -0.4 is 4.74 Å². The fourth-order valence-corrected chi connectivity index (χ4v) is 2.28. The van der Waals surface area contributed by atoms with E-state index in [1.54, 1.807) is 24.3 Å². The zero-order valence-corrected chi connectivity index (χ0v) is 13.0. The van der Waals surface area contributed by atoms with Crippen LogP contribution in [0.1, 0.15) is 6.42 Å². The van der Waals surface area contributed by atoms with Crippen LogP contribution >= 0.6 is 11.6 Å². The first kappa shape index (κ1) is 16.6. The summed E-state index contributed by atoms with van der Waals surface area (Å²) in [5, 5.41) is 0.657. The van der Waals surface area contributed by atoms with E-state index in [0.29, 0.717) is 37.7 Å². The van der Waals surface area contributed by atoms with E-state index >= 15 is 0 Å². The Morgan fingerprint density at radius 2 is 2.09 bits per heavy atom. The van der Waals surface area contributed by atoms with Crippen molar-refractivity contribution in [1.29, 1.82) is 0 Å². The van der Waals surface area contributed by atoms with E-state index in [1.807, 2.05) is 4.90 Å². The van der Waals surface area contributed by atoms with Gasteiger partial charge in [0.25, 0.3) is 0 Å². The molecule has 1 atom stereocenters. The Kier molecular flexibility index (Phi) is 6.03. The molecular formula is C15H18ClNO5. The number of carbonyl (C=O) groups excluding carboxylic acids is 2. The third-order valence-corrected chi connectivity index (χ3v) is 3.60. The largest absolute Gasteiger partial charge is 0.508 e. The molecule has 1 saturated heterocycles. The van der Waals surface area contributed by atoms with Gasteiger partial charge >= 0.3 is 6.16 Å². The minimum atomic E-state index is -0.836. The van der Waals surface area contributed by atoms with Crippen LogP contribution in [0.5, 0.6) is 5.75 Å². The van der Waals surface area contributed by atoms with Crippen molar-refractivity contribution in [2.75, 3.05) is 33.4 Å². The summed E-state index contributed by atoms with van der Waals surface area (Å²) in [6, 6.07) is 7.11. The number of nitrogens with zero attached hydrogens (tertiary/aromatic N) is 1. The summed E-state index contributed by atoms with van der Waals surface area (Å²) in [5.41, 5.74) is 0. The molecule has 0 N–H and O–H groups in total. The van der Waals surface area contributed by atoms with Gasteiger partial charge in [0.2, 0.25) is 0 Å². The number of methoxy groups -OCH3 is 1. The van der Waals surface area contributed by atoms with E-state index in [1.165, 1.54) is 7.11 Å². The third kappa shape index (κ3) is 4.89. The van der Waals surface area contributed by atoms with Crippen LogP contribution in [0.15, 0.2) is 24.3 Å². The number of halogens is 1. The summed E-state index contributed by atoms with van der Waals surface area (Å²) in [7, 11) is 1.22. The van der Waals surface area contributed by atoms with Crippen LogP contribution in [0.2, 0.25) is 5.02 Å². The highest BCUT2D eigenvalue weighted by Gasteiger charge is 2.30. The number of carbonyl (C=O) groups is 2. The molecule has 0 spiro atoms. The topological polar surface area (TPSA) is 65.1 Å². The van der Waals surface area contributed by atoms with Crippen LogP contribution in [0.3, 0.4) is 0 Å². The molecule has 22 heavy (non-hydrogen) atoms. The molecule has 120 valence electrons. The monoisotopic (exact) mass is 327 g/mol. The van der Waals surface area contributed by atoms with Gasteiger partial charge < -0.3 is 14.2 Å². The summed E-state index contributed by atoms with van der Waals surface area (Å²) in [4.78, 5) is 24.8. The average molecular weight is 328 g/mol. The van der Waals surface area contributed by atoms with Crippen molar-refractivity contribution in [3.8, 4) is 5.75 Å². The van der Waals surface area contributed by atoms with E-state index in [0.717, 1.165) is 5.75 Å². The number of likely N-dealkylation sites (tertiary alicyclic amines) is 1. The number of hydrogen-bond donors (Lipinski definition) is 0. The molecule has 1 aromatic rings. The highest BCUT2D eigenvalue weighted by atomic mass is 35.5. The fourth-order valence-electron chi connectivity index (χ4n) is 2.15. The molecule has 1 heterocycles. The number of Topliss-reactive ketones (excluding diaryl/α,β-unsaturated/α-hetero) is 1. The first-order valence-corrected chi connectivity index (χ1v) is 7.34. The maximum Gasteiger partial charge on any atom is 0.508 e. The number of ether oxygens (including phenoxy) is 3. The van der Waals surface area contributed by atoms with Gasteiger partial charge in [-0.2, -0.15) is 0 Å². The standard InChI is InChI=1S/C15H18ClNO5/c1-20-15(19)22-14-10-17(7-6-13(14)18)8-9-21-12-4-2-11(16)3-5-12/h2-5,14H,6-10H2,1H3. The van der Waals surface area contributed by atoms with Crippen molar-refractivity contribution in [3.63, 3.8) is 0 Å². The van der Waals surface area contributed by atoms with Gasteiger partial charge in [0.1, 0.15) is 12.4 Å². The van der Waals surface area contributed by atoms with E-state index < -0.39 is 12.3 Å². The number of rotatable bonds is 5. The second-order valence-corrected chi connectivity index (χ2v) is 5.32. The molecule has 7 heteroatoms. The van der Waals surface area contributed by atoms with E-state index in [-0.39, 0.29) is 5.78 Å². The van der Waals surface area contributed by atoms with Crippen molar-refractivity contribution >= 4 is 23.5 Å². The first-order chi connectivity index (χ1) is 10.6. The second kappa shape index (κ2) is 8.00. The zero-order valence-electron chi connectivity index (χ0n) is 12.3. The molecule has 6 nitrogen and oxygen atoms in total. The van der Waals surface area contributed by atoms with Gasteiger partial charge in [-0.05, 0) is 24.3 Å². The molecular weight excluding hydrogens is 310 g/mol. The lowest BCUT2D eigenvalue weighted by Gasteiger charge is -2.30. The van der Waals surface area contributed by atoms with E-state index in [4.69, 9.17) is 21.1 Å². The maximum atomic E-state index is 11.7. The van der Waals surface area contributed by atoms with Crippen molar-refractivity contribution in [2.24, 2.45) is 0 Å². The SMILES string of the molecule is COC(=O)OC1CN(CCOc2ccc(Cl)cc2)CCC1=O. The lowest BCUT2D eigenvalue weighted by molar-refractivity contribution is -0.133. The number of piperidine rings is 1. The number of hydrogen-bond acceptors (Lipinski definition) is 6. The molecule has 0 radical (unpaired) electrons. The lowest BCUT2D eigenvalue weighted by Crippen LogP contribution is -2.47. The molecule has 0 amide bonds. The summed E-state index contributed by atoms with van der Waals surface area (Å²) >= 11 is 5.80.